The SMILES string of the molecule is CC(C)(C)c1cc2c(c(C(C)(C)C)c1O)CC1(CCCCC1)S2. The number of hydrogen-bond acceptors (Lipinski definition) is 2. The van der Waals surface area contributed by atoms with E-state index in [1.807, 2.05) is 0 Å². The molecule has 0 amide bonds. The van der Waals surface area contributed by atoms with Gasteiger partial charge in [-0.15, -0.1) is 11.8 Å². The third-order valence-electron chi connectivity index (χ3n) is 5.51. The summed E-state index contributed by atoms with van der Waals surface area (Å²) in [6.07, 6.45) is 7.94. The smallest absolute Gasteiger partial charge is 0.123 e. The van der Waals surface area contributed by atoms with Gasteiger partial charge in [0.05, 0.1) is 0 Å². The van der Waals surface area contributed by atoms with Crippen molar-refractivity contribution in [1.29, 1.82) is 0 Å². The zero-order chi connectivity index (χ0) is 17.0. The van der Waals surface area contributed by atoms with Crippen molar-refractivity contribution < 1.29 is 5.11 Å². The molecule has 1 heterocycles. The van der Waals surface area contributed by atoms with Crippen LogP contribution in [0.25, 0.3) is 0 Å². The van der Waals surface area contributed by atoms with E-state index < -0.39 is 0 Å². The van der Waals surface area contributed by atoms with Crippen LogP contribution in [-0.4, -0.2) is 9.85 Å². The summed E-state index contributed by atoms with van der Waals surface area (Å²) in [7, 11) is 0. The van der Waals surface area contributed by atoms with Gasteiger partial charge in [-0.05, 0) is 41.7 Å². The largest absolute Gasteiger partial charge is 0.507 e. The minimum absolute atomic E-state index is 0.0177. The predicted molar refractivity (Wildman–Crippen MR) is 101 cm³/mol. The van der Waals surface area contributed by atoms with Crippen LogP contribution in [0.5, 0.6) is 5.75 Å². The van der Waals surface area contributed by atoms with Gasteiger partial charge in [0, 0.05) is 20.8 Å². The molecule has 1 saturated carbocycles. The molecule has 1 aliphatic heterocycles. The Morgan fingerprint density at radius 2 is 1.57 bits per heavy atom. The lowest BCUT2D eigenvalue weighted by Crippen LogP contribution is -2.27. The average molecular weight is 333 g/mol. The summed E-state index contributed by atoms with van der Waals surface area (Å²) in [4.78, 5) is 1.44. The Hall–Kier alpha value is -0.630. The number of benzene rings is 1. The van der Waals surface area contributed by atoms with Gasteiger partial charge < -0.3 is 5.11 Å². The highest BCUT2D eigenvalue weighted by Crippen LogP contribution is 2.57. The Labute approximate surface area is 146 Å². The van der Waals surface area contributed by atoms with Crippen LogP contribution in [0, 0.1) is 0 Å². The second-order valence-corrected chi connectivity index (χ2v) is 11.2. The van der Waals surface area contributed by atoms with Gasteiger partial charge in [-0.1, -0.05) is 60.8 Å². The molecule has 2 aliphatic rings. The predicted octanol–water partition coefficient (Wildman–Crippen LogP) is 6.34. The normalized spacial score (nSPS) is 20.8. The topological polar surface area (TPSA) is 20.2 Å². The summed E-state index contributed by atoms with van der Waals surface area (Å²) >= 11 is 2.12. The summed E-state index contributed by atoms with van der Waals surface area (Å²) in [5.41, 5.74) is 3.71. The lowest BCUT2D eigenvalue weighted by atomic mass is 9.74. The minimum atomic E-state index is -0.0258. The zero-order valence-electron chi connectivity index (χ0n) is 15.7. The van der Waals surface area contributed by atoms with Crippen LogP contribution in [0.15, 0.2) is 11.0 Å². The van der Waals surface area contributed by atoms with Crippen LogP contribution in [0.2, 0.25) is 0 Å². The van der Waals surface area contributed by atoms with Crippen molar-refractivity contribution in [3.05, 3.63) is 22.8 Å². The number of thioether (sulfide) groups is 1. The Kier molecular flexibility index (Phi) is 4.07. The maximum absolute atomic E-state index is 11.1. The van der Waals surface area contributed by atoms with E-state index in [2.05, 4.69) is 59.4 Å². The molecule has 2 heteroatoms. The molecule has 128 valence electrons. The van der Waals surface area contributed by atoms with E-state index in [1.165, 1.54) is 48.1 Å². The lowest BCUT2D eigenvalue weighted by molar-refractivity contribution is 0.393. The minimum Gasteiger partial charge on any atom is -0.507 e. The molecule has 1 nitrogen and oxygen atoms in total. The summed E-state index contributed by atoms with van der Waals surface area (Å²) < 4.78 is 0.406. The number of phenols is 1. The first-order valence-corrected chi connectivity index (χ1v) is 9.94. The first-order chi connectivity index (χ1) is 10.5. The summed E-state index contributed by atoms with van der Waals surface area (Å²) in [6.45, 7) is 13.3. The molecule has 0 bridgehead atoms. The lowest BCUT2D eigenvalue weighted by Gasteiger charge is -2.32. The highest BCUT2D eigenvalue weighted by Gasteiger charge is 2.43. The van der Waals surface area contributed by atoms with Crippen molar-refractivity contribution in [3.8, 4) is 5.75 Å². The monoisotopic (exact) mass is 332 g/mol. The fourth-order valence-corrected chi connectivity index (χ4v) is 6.05. The van der Waals surface area contributed by atoms with Gasteiger partial charge in [0.25, 0.3) is 0 Å². The van der Waals surface area contributed by atoms with Crippen LogP contribution >= 0.6 is 11.8 Å². The Balaban J connectivity index is 2.16. The van der Waals surface area contributed by atoms with E-state index in [-0.39, 0.29) is 10.8 Å². The standard InChI is InChI=1S/C21H32OS/c1-19(2,3)15-12-16-14(17(18(15)22)20(4,5)6)13-21(23-16)10-8-7-9-11-21/h12,22H,7-11,13H2,1-6H3. The van der Waals surface area contributed by atoms with E-state index in [0.717, 1.165) is 12.0 Å². The van der Waals surface area contributed by atoms with Gasteiger partial charge in [-0.3, -0.25) is 0 Å². The van der Waals surface area contributed by atoms with Gasteiger partial charge in [0.1, 0.15) is 5.75 Å². The maximum Gasteiger partial charge on any atom is 0.123 e. The summed E-state index contributed by atoms with van der Waals surface area (Å²) in [6, 6.07) is 2.30. The van der Waals surface area contributed by atoms with E-state index in [0.29, 0.717) is 10.5 Å². The van der Waals surface area contributed by atoms with Crippen molar-refractivity contribution in [3.63, 3.8) is 0 Å². The first-order valence-electron chi connectivity index (χ1n) is 9.12. The quantitative estimate of drug-likeness (QED) is 0.598. The molecule has 1 N–H and O–H groups in total. The highest BCUT2D eigenvalue weighted by molar-refractivity contribution is 8.01. The molecule has 0 radical (unpaired) electrons. The highest BCUT2D eigenvalue weighted by atomic mass is 32.2. The molecule has 1 aliphatic carbocycles. The molecule has 3 rings (SSSR count). The molecular weight excluding hydrogens is 300 g/mol. The van der Waals surface area contributed by atoms with Gasteiger partial charge in [0.15, 0.2) is 0 Å². The summed E-state index contributed by atoms with van der Waals surface area (Å²) in [5, 5.41) is 11.1. The van der Waals surface area contributed by atoms with Crippen molar-refractivity contribution in [2.24, 2.45) is 0 Å². The molecule has 1 fully saturated rings. The Morgan fingerprint density at radius 1 is 0.957 bits per heavy atom. The number of hydrogen-bond donors (Lipinski definition) is 1. The molecule has 0 saturated heterocycles. The third-order valence-corrected chi connectivity index (χ3v) is 7.08. The van der Waals surface area contributed by atoms with E-state index >= 15 is 0 Å². The van der Waals surface area contributed by atoms with Crippen molar-refractivity contribution >= 4 is 11.8 Å². The van der Waals surface area contributed by atoms with E-state index in [4.69, 9.17) is 0 Å². The molecule has 0 unspecified atom stereocenters. The molecular formula is C21H32OS. The first kappa shape index (κ1) is 17.2. The molecule has 1 aromatic rings. The average Bonchev–Trinajstić information content (AvgIpc) is 2.73. The molecule has 1 aromatic carbocycles. The van der Waals surface area contributed by atoms with Crippen LogP contribution in [0.3, 0.4) is 0 Å². The van der Waals surface area contributed by atoms with Gasteiger partial charge in [-0.2, -0.15) is 0 Å². The molecule has 0 atom stereocenters. The van der Waals surface area contributed by atoms with Crippen molar-refractivity contribution in [2.45, 2.75) is 101 Å². The van der Waals surface area contributed by atoms with Crippen molar-refractivity contribution in [1.82, 2.24) is 0 Å². The number of fused-ring (bicyclic) bond motifs is 1. The second-order valence-electron chi connectivity index (χ2n) is 9.65. The Bertz CT molecular complexity index is 610. The maximum atomic E-state index is 11.1. The fourth-order valence-electron chi connectivity index (χ4n) is 4.40. The van der Waals surface area contributed by atoms with E-state index in [1.54, 1.807) is 0 Å². The molecule has 1 spiro atoms. The fraction of sp³-hybridized carbons (Fsp3) is 0.714. The number of phenolic OH excluding ortho intramolecular Hbond substituents is 1. The summed E-state index contributed by atoms with van der Waals surface area (Å²) in [5.74, 6) is 0.553. The van der Waals surface area contributed by atoms with Gasteiger partial charge in [0.2, 0.25) is 0 Å². The van der Waals surface area contributed by atoms with Crippen LogP contribution in [0.4, 0.5) is 0 Å². The van der Waals surface area contributed by atoms with Gasteiger partial charge >= 0.3 is 0 Å². The van der Waals surface area contributed by atoms with Crippen LogP contribution in [-0.2, 0) is 17.3 Å². The van der Waals surface area contributed by atoms with E-state index in [9.17, 15) is 5.11 Å². The second kappa shape index (κ2) is 5.44. The van der Waals surface area contributed by atoms with Crippen LogP contribution in [0.1, 0.15) is 90.3 Å². The molecule has 0 aromatic heterocycles. The number of aromatic hydroxyl groups is 1. The Morgan fingerprint density at radius 3 is 2.09 bits per heavy atom. The number of rotatable bonds is 0. The third kappa shape index (κ3) is 3.04. The van der Waals surface area contributed by atoms with Crippen LogP contribution < -0.4 is 0 Å². The zero-order valence-corrected chi connectivity index (χ0v) is 16.5. The van der Waals surface area contributed by atoms with Gasteiger partial charge in [-0.25, -0.2) is 0 Å². The molecule has 23 heavy (non-hydrogen) atoms. The van der Waals surface area contributed by atoms with Crippen molar-refractivity contribution in [2.75, 3.05) is 0 Å².